The zero-order valence-electron chi connectivity index (χ0n) is 11.5. The summed E-state index contributed by atoms with van der Waals surface area (Å²) in [5.74, 6) is 2.44. The molecule has 2 rings (SSSR count). The molecule has 3 heteroatoms. The maximum absolute atomic E-state index is 9.22. The van der Waals surface area contributed by atoms with Crippen LogP contribution in [-0.4, -0.2) is 30.2 Å². The molecule has 1 N–H and O–H groups in total. The highest BCUT2D eigenvalue weighted by Gasteiger charge is 2.26. The highest BCUT2D eigenvalue weighted by atomic mass is 16.5. The Kier molecular flexibility index (Phi) is 4.25. The normalized spacial score (nSPS) is 24.4. The van der Waals surface area contributed by atoms with E-state index in [0.29, 0.717) is 0 Å². The van der Waals surface area contributed by atoms with E-state index in [1.807, 2.05) is 18.2 Å². The van der Waals surface area contributed by atoms with E-state index in [1.54, 1.807) is 7.11 Å². The molecular weight excluding hydrogens is 226 g/mol. The van der Waals surface area contributed by atoms with Crippen LogP contribution >= 0.6 is 0 Å². The first kappa shape index (κ1) is 13.4. The van der Waals surface area contributed by atoms with Gasteiger partial charge in [-0.15, -0.1) is 0 Å². The van der Waals surface area contributed by atoms with Crippen LogP contribution in [0.25, 0.3) is 0 Å². The van der Waals surface area contributed by atoms with Gasteiger partial charge >= 0.3 is 0 Å². The lowest BCUT2D eigenvalue weighted by atomic mass is 10.0. The van der Waals surface area contributed by atoms with Crippen LogP contribution in [0.4, 0.5) is 0 Å². The molecule has 1 heterocycles. The molecule has 3 nitrogen and oxygen atoms in total. The van der Waals surface area contributed by atoms with Gasteiger partial charge in [0.2, 0.25) is 0 Å². The van der Waals surface area contributed by atoms with Gasteiger partial charge in [0, 0.05) is 25.2 Å². The molecule has 1 aromatic carbocycles. The van der Waals surface area contributed by atoms with Crippen molar-refractivity contribution in [3.8, 4) is 5.75 Å². The Bertz CT molecular complexity index is 395. The van der Waals surface area contributed by atoms with Gasteiger partial charge in [-0.2, -0.15) is 0 Å². The summed E-state index contributed by atoms with van der Waals surface area (Å²) in [5.41, 5.74) is 2.12. The Labute approximate surface area is 109 Å². The van der Waals surface area contributed by atoms with Crippen molar-refractivity contribution < 1.29 is 9.84 Å². The maximum atomic E-state index is 9.22. The number of aliphatic hydroxyl groups excluding tert-OH is 1. The third-order valence-electron chi connectivity index (χ3n) is 3.99. The number of ether oxygens (including phenoxy) is 1. The third kappa shape index (κ3) is 2.85. The topological polar surface area (TPSA) is 32.7 Å². The molecule has 0 amide bonds. The first-order chi connectivity index (χ1) is 8.63. The number of nitrogens with zero attached hydrogens (tertiary/aromatic N) is 1. The number of aliphatic hydroxyl groups is 1. The molecule has 0 bridgehead atoms. The lowest BCUT2D eigenvalue weighted by molar-refractivity contribution is 0.280. The lowest BCUT2D eigenvalue weighted by Crippen LogP contribution is -2.20. The third-order valence-corrected chi connectivity index (χ3v) is 3.99. The molecule has 1 saturated heterocycles. The summed E-state index contributed by atoms with van der Waals surface area (Å²) >= 11 is 0. The van der Waals surface area contributed by atoms with Gasteiger partial charge < -0.3 is 9.84 Å². The molecule has 1 fully saturated rings. The van der Waals surface area contributed by atoms with Crippen LogP contribution in [0.15, 0.2) is 18.2 Å². The van der Waals surface area contributed by atoms with E-state index >= 15 is 0 Å². The Morgan fingerprint density at radius 3 is 2.50 bits per heavy atom. The van der Waals surface area contributed by atoms with Crippen LogP contribution in [0.3, 0.4) is 0 Å². The molecule has 18 heavy (non-hydrogen) atoms. The minimum absolute atomic E-state index is 0.0871. The van der Waals surface area contributed by atoms with Crippen LogP contribution in [0, 0.1) is 11.8 Å². The fourth-order valence-corrected chi connectivity index (χ4v) is 2.67. The van der Waals surface area contributed by atoms with Crippen molar-refractivity contribution in [3.63, 3.8) is 0 Å². The minimum Gasteiger partial charge on any atom is -0.496 e. The summed E-state index contributed by atoms with van der Waals surface area (Å²) in [4.78, 5) is 2.47. The predicted octanol–water partition coefficient (Wildman–Crippen LogP) is 2.28. The van der Waals surface area contributed by atoms with E-state index in [1.165, 1.54) is 5.56 Å². The van der Waals surface area contributed by atoms with Gasteiger partial charge in [0.05, 0.1) is 13.7 Å². The number of rotatable bonds is 4. The summed E-state index contributed by atoms with van der Waals surface area (Å²) < 4.78 is 5.40. The van der Waals surface area contributed by atoms with E-state index < -0.39 is 0 Å². The average molecular weight is 249 g/mol. The Morgan fingerprint density at radius 2 is 1.94 bits per heavy atom. The number of likely N-dealkylation sites (tertiary alicyclic amines) is 1. The molecule has 0 radical (unpaired) electrons. The second kappa shape index (κ2) is 5.72. The monoisotopic (exact) mass is 249 g/mol. The summed E-state index contributed by atoms with van der Waals surface area (Å²) in [6.45, 7) is 7.91. The second-order valence-electron chi connectivity index (χ2n) is 5.45. The van der Waals surface area contributed by atoms with Gasteiger partial charge in [-0.05, 0) is 29.5 Å². The molecule has 1 aliphatic rings. The summed E-state index contributed by atoms with van der Waals surface area (Å²) in [6.07, 6.45) is 0. The first-order valence-corrected chi connectivity index (χ1v) is 6.63. The van der Waals surface area contributed by atoms with E-state index in [0.717, 1.165) is 42.8 Å². The number of methoxy groups -OCH3 is 1. The van der Waals surface area contributed by atoms with E-state index in [-0.39, 0.29) is 6.61 Å². The van der Waals surface area contributed by atoms with Crippen LogP contribution in [0.5, 0.6) is 5.75 Å². The quantitative estimate of drug-likeness (QED) is 0.888. The first-order valence-electron chi connectivity index (χ1n) is 6.63. The summed E-state index contributed by atoms with van der Waals surface area (Å²) in [5, 5.41) is 9.22. The summed E-state index contributed by atoms with van der Waals surface area (Å²) in [7, 11) is 1.70. The summed E-state index contributed by atoms with van der Waals surface area (Å²) in [6, 6.07) is 5.91. The van der Waals surface area contributed by atoms with E-state index in [4.69, 9.17) is 4.74 Å². The van der Waals surface area contributed by atoms with Crippen molar-refractivity contribution in [2.24, 2.45) is 11.8 Å². The number of hydrogen-bond donors (Lipinski definition) is 1. The van der Waals surface area contributed by atoms with Crippen LogP contribution < -0.4 is 4.74 Å². The highest BCUT2D eigenvalue weighted by molar-refractivity contribution is 5.37. The van der Waals surface area contributed by atoms with Gasteiger partial charge in [-0.25, -0.2) is 0 Å². The van der Waals surface area contributed by atoms with Crippen molar-refractivity contribution in [1.29, 1.82) is 0 Å². The Morgan fingerprint density at radius 1 is 1.28 bits per heavy atom. The molecule has 0 aromatic heterocycles. The van der Waals surface area contributed by atoms with Crippen molar-refractivity contribution in [3.05, 3.63) is 29.3 Å². The molecule has 100 valence electrons. The molecule has 0 aliphatic carbocycles. The van der Waals surface area contributed by atoms with Crippen LogP contribution in [-0.2, 0) is 13.2 Å². The molecule has 0 saturated carbocycles. The van der Waals surface area contributed by atoms with Gasteiger partial charge in [0.1, 0.15) is 5.75 Å². The fraction of sp³-hybridized carbons (Fsp3) is 0.600. The van der Waals surface area contributed by atoms with Crippen LogP contribution in [0.1, 0.15) is 25.0 Å². The maximum Gasteiger partial charge on any atom is 0.123 e. The average Bonchev–Trinajstić information content (AvgIpc) is 2.68. The molecule has 1 aliphatic heterocycles. The number of benzene rings is 1. The molecule has 0 spiro atoms. The van der Waals surface area contributed by atoms with E-state index in [2.05, 4.69) is 18.7 Å². The van der Waals surface area contributed by atoms with Crippen molar-refractivity contribution in [2.45, 2.75) is 27.0 Å². The Hall–Kier alpha value is -1.06. The number of hydrogen-bond acceptors (Lipinski definition) is 3. The largest absolute Gasteiger partial charge is 0.496 e. The van der Waals surface area contributed by atoms with Crippen molar-refractivity contribution in [2.75, 3.05) is 20.2 Å². The van der Waals surface area contributed by atoms with E-state index in [9.17, 15) is 5.11 Å². The fourth-order valence-electron chi connectivity index (χ4n) is 2.67. The SMILES string of the molecule is COc1ccc(CO)cc1CN1CC(C)C(C)C1. The van der Waals surface area contributed by atoms with Gasteiger partial charge in [0.25, 0.3) is 0 Å². The van der Waals surface area contributed by atoms with Gasteiger partial charge in [-0.1, -0.05) is 19.9 Å². The smallest absolute Gasteiger partial charge is 0.123 e. The standard InChI is InChI=1S/C15H23NO2/c1-11-7-16(8-12(11)2)9-14-6-13(10-17)4-5-15(14)18-3/h4-6,11-12,17H,7-10H2,1-3H3. The Balaban J connectivity index is 2.12. The van der Waals surface area contributed by atoms with Gasteiger partial charge in [0.15, 0.2) is 0 Å². The van der Waals surface area contributed by atoms with Crippen LogP contribution in [0.2, 0.25) is 0 Å². The zero-order valence-corrected chi connectivity index (χ0v) is 11.5. The van der Waals surface area contributed by atoms with Gasteiger partial charge in [-0.3, -0.25) is 4.90 Å². The zero-order chi connectivity index (χ0) is 13.1. The molecule has 1 aromatic rings. The second-order valence-corrected chi connectivity index (χ2v) is 5.45. The molecular formula is C15H23NO2. The minimum atomic E-state index is 0.0871. The molecule has 2 unspecified atom stereocenters. The molecule has 2 atom stereocenters. The highest BCUT2D eigenvalue weighted by Crippen LogP contribution is 2.27. The van der Waals surface area contributed by atoms with Crippen molar-refractivity contribution in [1.82, 2.24) is 4.90 Å². The lowest BCUT2D eigenvalue weighted by Gasteiger charge is -2.18. The predicted molar refractivity (Wildman–Crippen MR) is 72.5 cm³/mol. The van der Waals surface area contributed by atoms with Crippen molar-refractivity contribution >= 4 is 0 Å².